The number of hydrogen-bond acceptors (Lipinski definition) is 4. The Bertz CT molecular complexity index is 696. The number of rotatable bonds is 5. The molecule has 5 nitrogen and oxygen atoms in total. The smallest absolute Gasteiger partial charge is 0.417 e. The van der Waals surface area contributed by atoms with Gasteiger partial charge in [0.25, 0.3) is 5.91 Å². The first-order valence-electron chi connectivity index (χ1n) is 8.72. The molecule has 26 heavy (non-hydrogen) atoms. The number of halogens is 1. The fraction of sp³-hybridized carbons (Fsp3) is 0.500. The van der Waals surface area contributed by atoms with E-state index in [1.807, 2.05) is 58.9 Å². The van der Waals surface area contributed by atoms with Gasteiger partial charge in [-0.1, -0.05) is 54.9 Å². The van der Waals surface area contributed by atoms with Crippen LogP contribution in [-0.2, 0) is 9.53 Å². The van der Waals surface area contributed by atoms with Crippen LogP contribution in [0.3, 0.4) is 0 Å². The van der Waals surface area contributed by atoms with Gasteiger partial charge in [0.05, 0.1) is 12.1 Å². The lowest BCUT2D eigenvalue weighted by Crippen LogP contribution is -2.47. The SMILES string of the molecule is CC(C)[C@@H]1N(C(=O)/C=C/[C@@H](C)[C@@H](O)c2ccc(Br)cc2)C(=O)OC1(C)C. The number of imide groups is 1. The van der Waals surface area contributed by atoms with Crippen molar-refractivity contribution < 1.29 is 19.4 Å². The summed E-state index contributed by atoms with van der Waals surface area (Å²) >= 11 is 3.36. The van der Waals surface area contributed by atoms with Gasteiger partial charge in [-0.05, 0) is 37.5 Å². The van der Waals surface area contributed by atoms with E-state index in [-0.39, 0.29) is 17.9 Å². The van der Waals surface area contributed by atoms with Crippen LogP contribution in [-0.4, -0.2) is 33.6 Å². The number of hydrogen-bond donors (Lipinski definition) is 1. The summed E-state index contributed by atoms with van der Waals surface area (Å²) in [5.74, 6) is -0.641. The zero-order chi connectivity index (χ0) is 19.6. The van der Waals surface area contributed by atoms with Crippen LogP contribution in [0, 0.1) is 11.8 Å². The molecule has 1 aliphatic rings. The average Bonchev–Trinajstić information content (AvgIpc) is 2.81. The summed E-state index contributed by atoms with van der Waals surface area (Å²) < 4.78 is 6.30. The van der Waals surface area contributed by atoms with Gasteiger partial charge < -0.3 is 9.84 Å². The maximum Gasteiger partial charge on any atom is 0.417 e. The van der Waals surface area contributed by atoms with Crippen LogP contribution in [0.5, 0.6) is 0 Å². The molecule has 1 heterocycles. The molecule has 1 aromatic carbocycles. The summed E-state index contributed by atoms with van der Waals surface area (Å²) in [7, 11) is 0. The molecular formula is C20H26BrNO4. The molecular weight excluding hydrogens is 398 g/mol. The number of ether oxygens (including phenoxy) is 1. The Morgan fingerprint density at radius 2 is 1.85 bits per heavy atom. The van der Waals surface area contributed by atoms with Gasteiger partial charge in [-0.3, -0.25) is 4.79 Å². The van der Waals surface area contributed by atoms with E-state index in [4.69, 9.17) is 4.74 Å². The van der Waals surface area contributed by atoms with Crippen LogP contribution in [0.15, 0.2) is 40.9 Å². The first-order valence-corrected chi connectivity index (χ1v) is 9.51. The largest absolute Gasteiger partial charge is 0.441 e. The number of carbonyl (C=O) groups excluding carboxylic acids is 2. The monoisotopic (exact) mass is 423 g/mol. The van der Waals surface area contributed by atoms with Crippen molar-refractivity contribution in [2.24, 2.45) is 11.8 Å². The van der Waals surface area contributed by atoms with Crippen LogP contribution in [0.4, 0.5) is 4.79 Å². The van der Waals surface area contributed by atoms with E-state index in [9.17, 15) is 14.7 Å². The van der Waals surface area contributed by atoms with Gasteiger partial charge in [-0.25, -0.2) is 9.69 Å². The summed E-state index contributed by atoms with van der Waals surface area (Å²) in [5, 5.41) is 10.5. The van der Waals surface area contributed by atoms with Crippen LogP contribution in [0.1, 0.15) is 46.3 Å². The fourth-order valence-corrected chi connectivity index (χ4v) is 3.73. The lowest BCUT2D eigenvalue weighted by atomic mass is 9.89. The summed E-state index contributed by atoms with van der Waals surface area (Å²) in [6.45, 7) is 9.36. The van der Waals surface area contributed by atoms with Gasteiger partial charge in [0.1, 0.15) is 5.60 Å². The van der Waals surface area contributed by atoms with Gasteiger partial charge >= 0.3 is 6.09 Å². The van der Waals surface area contributed by atoms with Crippen molar-refractivity contribution in [3.63, 3.8) is 0 Å². The third kappa shape index (κ3) is 4.35. The van der Waals surface area contributed by atoms with Crippen molar-refractivity contribution in [2.45, 2.75) is 52.4 Å². The van der Waals surface area contributed by atoms with Crippen LogP contribution in [0.25, 0.3) is 0 Å². The molecule has 6 heteroatoms. The van der Waals surface area contributed by atoms with Gasteiger partial charge in [0.15, 0.2) is 0 Å². The molecule has 1 N–H and O–H groups in total. The second-order valence-electron chi connectivity index (χ2n) is 7.58. The Morgan fingerprint density at radius 1 is 1.27 bits per heavy atom. The topological polar surface area (TPSA) is 66.8 Å². The van der Waals surface area contributed by atoms with E-state index in [1.54, 1.807) is 6.08 Å². The minimum Gasteiger partial charge on any atom is -0.441 e. The van der Waals surface area contributed by atoms with Crippen molar-refractivity contribution in [2.75, 3.05) is 0 Å². The molecule has 0 radical (unpaired) electrons. The number of aliphatic hydroxyl groups excluding tert-OH is 1. The molecule has 2 rings (SSSR count). The second-order valence-corrected chi connectivity index (χ2v) is 8.50. The van der Waals surface area contributed by atoms with Crippen LogP contribution >= 0.6 is 15.9 Å². The summed E-state index contributed by atoms with van der Waals surface area (Å²) in [5.41, 5.74) is 0.0386. The number of benzene rings is 1. The van der Waals surface area contributed by atoms with E-state index in [0.29, 0.717) is 0 Å². The number of aliphatic hydroxyl groups is 1. The maximum absolute atomic E-state index is 12.6. The number of carbonyl (C=O) groups is 2. The molecule has 0 bridgehead atoms. The van der Waals surface area contributed by atoms with Crippen molar-refractivity contribution in [3.05, 3.63) is 46.5 Å². The number of nitrogens with zero attached hydrogens (tertiary/aromatic N) is 1. The van der Waals surface area contributed by atoms with Crippen molar-refractivity contribution in [1.29, 1.82) is 0 Å². The highest BCUT2D eigenvalue weighted by Crippen LogP contribution is 2.34. The van der Waals surface area contributed by atoms with E-state index >= 15 is 0 Å². The summed E-state index contributed by atoms with van der Waals surface area (Å²) in [4.78, 5) is 26.0. The molecule has 1 aromatic rings. The minimum atomic E-state index is -0.741. The normalized spacial score (nSPS) is 21.9. The Labute approximate surface area is 163 Å². The predicted molar refractivity (Wildman–Crippen MR) is 103 cm³/mol. The lowest BCUT2D eigenvalue weighted by molar-refractivity contribution is -0.125. The Balaban J connectivity index is 2.12. The number of cyclic esters (lactones) is 1. The van der Waals surface area contributed by atoms with Gasteiger partial charge in [-0.15, -0.1) is 0 Å². The molecule has 0 saturated carbocycles. The highest BCUT2D eigenvalue weighted by molar-refractivity contribution is 9.10. The molecule has 142 valence electrons. The average molecular weight is 424 g/mol. The zero-order valence-corrected chi connectivity index (χ0v) is 17.4. The maximum atomic E-state index is 12.6. The van der Waals surface area contributed by atoms with Crippen molar-refractivity contribution in [1.82, 2.24) is 4.90 Å². The summed E-state index contributed by atoms with van der Waals surface area (Å²) in [6, 6.07) is 7.04. The Morgan fingerprint density at radius 3 is 2.38 bits per heavy atom. The highest BCUT2D eigenvalue weighted by atomic mass is 79.9. The van der Waals surface area contributed by atoms with E-state index < -0.39 is 23.7 Å². The molecule has 3 atom stereocenters. The Kier molecular flexibility index (Phi) is 6.29. The van der Waals surface area contributed by atoms with E-state index in [2.05, 4.69) is 15.9 Å². The molecule has 0 aliphatic carbocycles. The minimum absolute atomic E-state index is 0.0691. The third-order valence-corrected chi connectivity index (χ3v) is 5.19. The summed E-state index contributed by atoms with van der Waals surface area (Å²) in [6.07, 6.45) is 1.62. The molecule has 0 unspecified atom stereocenters. The molecule has 2 amide bonds. The predicted octanol–water partition coefficient (Wildman–Crippen LogP) is 4.46. The molecule has 0 spiro atoms. The Hall–Kier alpha value is -1.66. The number of amides is 2. The quantitative estimate of drug-likeness (QED) is 0.709. The standard InChI is InChI=1S/C20H26BrNO4/c1-12(2)18-20(4,5)26-19(25)22(18)16(23)11-6-13(3)17(24)14-7-9-15(21)10-8-14/h6-13,17-18,24H,1-5H3/b11-6+/t13-,17-,18+/m1/s1. The van der Waals surface area contributed by atoms with E-state index in [1.165, 1.54) is 11.0 Å². The van der Waals surface area contributed by atoms with Gasteiger partial charge in [-0.2, -0.15) is 0 Å². The third-order valence-electron chi connectivity index (χ3n) is 4.66. The van der Waals surface area contributed by atoms with E-state index in [0.717, 1.165) is 10.0 Å². The van der Waals surface area contributed by atoms with Crippen molar-refractivity contribution in [3.8, 4) is 0 Å². The van der Waals surface area contributed by atoms with Crippen molar-refractivity contribution >= 4 is 27.9 Å². The molecule has 1 fully saturated rings. The zero-order valence-electron chi connectivity index (χ0n) is 15.8. The first-order chi connectivity index (χ1) is 12.0. The lowest BCUT2D eigenvalue weighted by Gasteiger charge is -2.30. The molecule has 0 aromatic heterocycles. The highest BCUT2D eigenvalue weighted by Gasteiger charge is 2.51. The fourth-order valence-electron chi connectivity index (χ4n) is 3.47. The van der Waals surface area contributed by atoms with Crippen LogP contribution in [0.2, 0.25) is 0 Å². The second kappa shape index (κ2) is 7.92. The van der Waals surface area contributed by atoms with Gasteiger partial charge in [0.2, 0.25) is 0 Å². The van der Waals surface area contributed by atoms with Crippen LogP contribution < -0.4 is 0 Å². The molecule has 1 aliphatic heterocycles. The first kappa shape index (κ1) is 20.6. The van der Waals surface area contributed by atoms with Gasteiger partial charge in [0, 0.05) is 16.5 Å². The molecule has 1 saturated heterocycles.